The Morgan fingerprint density at radius 1 is 1.50 bits per heavy atom. The highest BCUT2D eigenvalue weighted by Crippen LogP contribution is 2.32. The van der Waals surface area contributed by atoms with E-state index in [1.165, 1.54) is 6.07 Å². The Labute approximate surface area is 98.8 Å². The molecule has 0 N–H and O–H groups in total. The second-order valence-corrected chi connectivity index (χ2v) is 5.46. The topological polar surface area (TPSA) is 70.8 Å². The van der Waals surface area contributed by atoms with Gasteiger partial charge in [0.2, 0.25) is 0 Å². The maximum atomic E-state index is 12.3. The molecule has 4 nitrogen and oxygen atoms in total. The molecular weight excluding hydrogens is 285 g/mol. The second-order valence-electron chi connectivity index (χ2n) is 2.55. The molecule has 0 fully saturated rings. The molecular formula is C7H2Cl2F2N2O2S. The maximum absolute atomic E-state index is 12.3. The van der Waals surface area contributed by atoms with Gasteiger partial charge in [-0.2, -0.15) is 5.26 Å². The molecule has 0 unspecified atom stereocenters. The SMILES string of the molecule is N#Cc1c(S(=O)(=O)Cl)cnc(C(F)F)c1Cl. The van der Waals surface area contributed by atoms with Crippen molar-refractivity contribution in [2.75, 3.05) is 0 Å². The van der Waals surface area contributed by atoms with Crippen molar-refractivity contribution in [1.82, 2.24) is 4.98 Å². The molecule has 86 valence electrons. The third-order valence-corrected chi connectivity index (χ3v) is 3.31. The van der Waals surface area contributed by atoms with Crippen molar-refractivity contribution >= 4 is 31.3 Å². The summed E-state index contributed by atoms with van der Waals surface area (Å²) < 4.78 is 46.6. The van der Waals surface area contributed by atoms with E-state index in [9.17, 15) is 17.2 Å². The summed E-state index contributed by atoms with van der Waals surface area (Å²) in [6.45, 7) is 0. The van der Waals surface area contributed by atoms with Crippen molar-refractivity contribution in [3.05, 3.63) is 22.5 Å². The van der Waals surface area contributed by atoms with Gasteiger partial charge in [0, 0.05) is 16.9 Å². The zero-order valence-electron chi connectivity index (χ0n) is 7.29. The minimum Gasteiger partial charge on any atom is -0.252 e. The van der Waals surface area contributed by atoms with Crippen LogP contribution in [0.5, 0.6) is 0 Å². The Bertz CT molecular complexity index is 568. The average molecular weight is 287 g/mol. The van der Waals surface area contributed by atoms with Crippen molar-refractivity contribution < 1.29 is 17.2 Å². The van der Waals surface area contributed by atoms with E-state index in [1.54, 1.807) is 0 Å². The first-order chi connectivity index (χ1) is 7.29. The normalized spacial score (nSPS) is 11.5. The Morgan fingerprint density at radius 2 is 2.06 bits per heavy atom. The van der Waals surface area contributed by atoms with Crippen LogP contribution in [0.2, 0.25) is 5.02 Å². The van der Waals surface area contributed by atoms with Gasteiger partial charge in [0.15, 0.2) is 0 Å². The largest absolute Gasteiger partial charge is 0.281 e. The van der Waals surface area contributed by atoms with Gasteiger partial charge in [-0.1, -0.05) is 11.6 Å². The predicted octanol–water partition coefficient (Wildman–Crippen LogP) is 2.47. The zero-order valence-corrected chi connectivity index (χ0v) is 9.61. The van der Waals surface area contributed by atoms with Crippen LogP contribution >= 0.6 is 22.3 Å². The zero-order chi connectivity index (χ0) is 12.5. The molecule has 0 aliphatic heterocycles. The molecule has 0 saturated heterocycles. The molecule has 0 aromatic carbocycles. The molecule has 1 heterocycles. The number of rotatable bonds is 2. The van der Waals surface area contributed by atoms with Crippen molar-refractivity contribution in [3.8, 4) is 6.07 Å². The quantitative estimate of drug-likeness (QED) is 0.783. The van der Waals surface area contributed by atoms with Crippen LogP contribution in [-0.4, -0.2) is 13.4 Å². The van der Waals surface area contributed by atoms with Gasteiger partial charge in [0.05, 0.1) is 10.6 Å². The number of hydrogen-bond acceptors (Lipinski definition) is 4. The Balaban J connectivity index is 3.62. The van der Waals surface area contributed by atoms with E-state index in [2.05, 4.69) is 4.98 Å². The molecule has 0 aliphatic carbocycles. The first-order valence-corrected chi connectivity index (χ1v) is 6.29. The van der Waals surface area contributed by atoms with E-state index in [1.807, 2.05) is 0 Å². The number of nitrogens with zero attached hydrogens (tertiary/aromatic N) is 2. The highest BCUT2D eigenvalue weighted by atomic mass is 35.7. The van der Waals surface area contributed by atoms with Crippen molar-refractivity contribution in [2.45, 2.75) is 11.3 Å². The lowest BCUT2D eigenvalue weighted by Crippen LogP contribution is -2.02. The summed E-state index contributed by atoms with van der Waals surface area (Å²) in [5.41, 5.74) is -1.50. The van der Waals surface area contributed by atoms with E-state index >= 15 is 0 Å². The van der Waals surface area contributed by atoms with Crippen LogP contribution < -0.4 is 0 Å². The highest BCUT2D eigenvalue weighted by molar-refractivity contribution is 8.13. The average Bonchev–Trinajstić information content (AvgIpc) is 2.15. The summed E-state index contributed by atoms with van der Waals surface area (Å²) >= 11 is 5.43. The number of pyridine rings is 1. The Hall–Kier alpha value is -0.970. The number of nitriles is 1. The standard InChI is InChI=1S/C7H2Cl2F2N2O2S/c8-5-3(1-12)4(16(9,14)15)2-13-6(5)7(10)11/h2,7H. The molecule has 1 aromatic rings. The van der Waals surface area contributed by atoms with Gasteiger partial charge in [-0.05, 0) is 0 Å². The smallest absolute Gasteiger partial charge is 0.252 e. The van der Waals surface area contributed by atoms with Gasteiger partial charge >= 0.3 is 0 Å². The number of halogens is 4. The minimum atomic E-state index is -4.25. The van der Waals surface area contributed by atoms with Crippen LogP contribution in [0.1, 0.15) is 17.7 Å². The van der Waals surface area contributed by atoms with Gasteiger partial charge in [0.25, 0.3) is 15.5 Å². The minimum absolute atomic E-state index is 0.578. The summed E-state index contributed by atoms with van der Waals surface area (Å²) in [5, 5.41) is 7.93. The van der Waals surface area contributed by atoms with Crippen LogP contribution in [0.25, 0.3) is 0 Å². The van der Waals surface area contributed by atoms with Crippen LogP contribution in [0.4, 0.5) is 8.78 Å². The van der Waals surface area contributed by atoms with Crippen molar-refractivity contribution in [3.63, 3.8) is 0 Å². The van der Waals surface area contributed by atoms with E-state index in [-0.39, 0.29) is 0 Å². The van der Waals surface area contributed by atoms with Gasteiger partial charge in [-0.15, -0.1) is 0 Å². The molecule has 1 aromatic heterocycles. The van der Waals surface area contributed by atoms with Crippen LogP contribution in [0, 0.1) is 11.3 Å². The summed E-state index contributed by atoms with van der Waals surface area (Å²) in [6.07, 6.45) is -2.43. The summed E-state index contributed by atoms with van der Waals surface area (Å²) in [5.74, 6) is 0. The Kier molecular flexibility index (Phi) is 3.68. The van der Waals surface area contributed by atoms with Crippen LogP contribution in [-0.2, 0) is 9.05 Å². The first-order valence-electron chi connectivity index (χ1n) is 3.60. The fraction of sp³-hybridized carbons (Fsp3) is 0.143. The lowest BCUT2D eigenvalue weighted by Gasteiger charge is -2.06. The Morgan fingerprint density at radius 3 is 2.44 bits per heavy atom. The summed E-state index contributed by atoms with van der Waals surface area (Å²) in [6, 6.07) is 1.40. The van der Waals surface area contributed by atoms with E-state index < -0.39 is 36.7 Å². The fourth-order valence-corrected chi connectivity index (χ4v) is 2.18. The van der Waals surface area contributed by atoms with Crippen molar-refractivity contribution in [1.29, 1.82) is 5.26 Å². The fourth-order valence-electron chi connectivity index (χ4n) is 0.927. The van der Waals surface area contributed by atoms with E-state index in [0.717, 1.165) is 0 Å². The molecule has 1 rings (SSSR count). The lowest BCUT2D eigenvalue weighted by atomic mass is 10.2. The van der Waals surface area contributed by atoms with Gasteiger partial charge < -0.3 is 0 Å². The molecule has 16 heavy (non-hydrogen) atoms. The number of aromatic nitrogens is 1. The van der Waals surface area contributed by atoms with Gasteiger partial charge in [-0.3, -0.25) is 4.98 Å². The van der Waals surface area contributed by atoms with E-state index in [4.69, 9.17) is 27.5 Å². The molecule has 0 atom stereocenters. The molecule has 0 saturated carbocycles. The molecule has 0 bridgehead atoms. The third-order valence-electron chi connectivity index (χ3n) is 1.59. The van der Waals surface area contributed by atoms with Gasteiger partial charge in [0.1, 0.15) is 16.7 Å². The van der Waals surface area contributed by atoms with Crippen LogP contribution in [0.15, 0.2) is 11.1 Å². The van der Waals surface area contributed by atoms with Crippen molar-refractivity contribution in [2.24, 2.45) is 0 Å². The van der Waals surface area contributed by atoms with Crippen LogP contribution in [0.3, 0.4) is 0 Å². The monoisotopic (exact) mass is 286 g/mol. The lowest BCUT2D eigenvalue weighted by molar-refractivity contribution is 0.146. The number of hydrogen-bond donors (Lipinski definition) is 0. The molecule has 0 radical (unpaired) electrons. The second kappa shape index (κ2) is 4.49. The third kappa shape index (κ3) is 2.40. The number of alkyl halides is 2. The molecule has 0 aliphatic rings. The molecule has 0 amide bonds. The maximum Gasteiger partial charge on any atom is 0.281 e. The first kappa shape index (κ1) is 13.1. The molecule has 9 heteroatoms. The summed E-state index contributed by atoms with van der Waals surface area (Å²) in [4.78, 5) is 2.47. The van der Waals surface area contributed by atoms with E-state index in [0.29, 0.717) is 6.20 Å². The predicted molar refractivity (Wildman–Crippen MR) is 52.0 cm³/mol. The highest BCUT2D eigenvalue weighted by Gasteiger charge is 2.24. The summed E-state index contributed by atoms with van der Waals surface area (Å²) in [7, 11) is 0.729. The van der Waals surface area contributed by atoms with Gasteiger partial charge in [-0.25, -0.2) is 17.2 Å². The molecule has 0 spiro atoms.